The maximum atomic E-state index is 15.1. The van der Waals surface area contributed by atoms with Crippen molar-refractivity contribution >= 4 is 12.0 Å². The number of rotatable bonds is 3. The van der Waals surface area contributed by atoms with Crippen LogP contribution in [0.3, 0.4) is 0 Å². The largest absolute Gasteiger partial charge is 0.477 e. The minimum absolute atomic E-state index is 0.205. The highest BCUT2D eigenvalue weighted by atomic mass is 19.1. The Morgan fingerprint density at radius 1 is 1.36 bits per heavy atom. The van der Waals surface area contributed by atoms with Gasteiger partial charge < -0.3 is 15.0 Å². The van der Waals surface area contributed by atoms with Crippen LogP contribution in [0, 0.1) is 0 Å². The topological polar surface area (TPSA) is 74.6 Å². The summed E-state index contributed by atoms with van der Waals surface area (Å²) in [5.74, 6) is -1.62. The molecule has 3 aliphatic rings. The Hall–Kier alpha value is -1.99. The van der Waals surface area contributed by atoms with Gasteiger partial charge in [0.2, 0.25) is 5.43 Å². The van der Waals surface area contributed by atoms with Crippen molar-refractivity contribution < 1.29 is 14.3 Å². The van der Waals surface area contributed by atoms with Crippen LogP contribution in [0.5, 0.6) is 0 Å². The zero-order chi connectivity index (χ0) is 17.8. The van der Waals surface area contributed by atoms with E-state index >= 15 is 4.39 Å². The van der Waals surface area contributed by atoms with E-state index in [2.05, 4.69) is 10.2 Å². The summed E-state index contributed by atoms with van der Waals surface area (Å²) in [6.07, 6.45) is 5.04. The SMILES string of the molecule is CC1(N2CCNCC2)Cc2c(c(=O)c(C(=O)O)cn2C2CC2)C=C1F. The van der Waals surface area contributed by atoms with Gasteiger partial charge in [0.25, 0.3) is 0 Å². The van der Waals surface area contributed by atoms with Gasteiger partial charge in [0.15, 0.2) is 0 Å². The lowest BCUT2D eigenvalue weighted by molar-refractivity contribution is 0.0694. The van der Waals surface area contributed by atoms with Crippen LogP contribution in [-0.2, 0) is 6.42 Å². The summed E-state index contributed by atoms with van der Waals surface area (Å²) < 4.78 is 17.0. The minimum atomic E-state index is -1.26. The molecule has 4 rings (SSSR count). The number of piperazine rings is 1. The molecule has 1 aromatic rings. The molecule has 0 spiro atoms. The molecule has 1 unspecified atom stereocenters. The maximum absolute atomic E-state index is 15.1. The van der Waals surface area contributed by atoms with Crippen LogP contribution in [0.25, 0.3) is 6.08 Å². The second-order valence-electron chi connectivity index (χ2n) is 7.36. The number of nitrogens with zero attached hydrogens (tertiary/aromatic N) is 2. The van der Waals surface area contributed by atoms with E-state index in [1.807, 2.05) is 11.5 Å². The van der Waals surface area contributed by atoms with E-state index in [9.17, 15) is 14.7 Å². The van der Waals surface area contributed by atoms with Gasteiger partial charge in [0.05, 0.1) is 5.54 Å². The molecule has 1 aliphatic heterocycles. The van der Waals surface area contributed by atoms with Crippen molar-refractivity contribution in [2.75, 3.05) is 26.2 Å². The number of hydrogen-bond acceptors (Lipinski definition) is 4. The first-order valence-corrected chi connectivity index (χ1v) is 8.76. The number of hydrogen-bond donors (Lipinski definition) is 2. The smallest absolute Gasteiger partial charge is 0.341 e. The average Bonchev–Trinajstić information content (AvgIpc) is 3.42. The molecule has 0 aromatic carbocycles. The first-order chi connectivity index (χ1) is 11.9. The van der Waals surface area contributed by atoms with Crippen LogP contribution in [0.2, 0.25) is 0 Å². The van der Waals surface area contributed by atoms with Crippen molar-refractivity contribution in [2.45, 2.75) is 37.8 Å². The van der Waals surface area contributed by atoms with Gasteiger partial charge in [-0.1, -0.05) is 0 Å². The third kappa shape index (κ3) is 2.62. The van der Waals surface area contributed by atoms with Crippen molar-refractivity contribution in [3.63, 3.8) is 0 Å². The third-order valence-corrected chi connectivity index (χ3v) is 5.66. The molecule has 0 radical (unpaired) electrons. The number of carbonyl (C=O) groups is 1. The van der Waals surface area contributed by atoms with Gasteiger partial charge in [0, 0.05) is 56.1 Å². The van der Waals surface area contributed by atoms with Gasteiger partial charge in [0.1, 0.15) is 11.4 Å². The number of carboxylic acids is 1. The quantitative estimate of drug-likeness (QED) is 0.865. The number of pyridine rings is 1. The normalized spacial score (nSPS) is 26.9. The zero-order valence-corrected chi connectivity index (χ0v) is 14.2. The van der Waals surface area contributed by atoms with Crippen LogP contribution >= 0.6 is 0 Å². The summed E-state index contributed by atoms with van der Waals surface area (Å²) in [5, 5.41) is 12.6. The van der Waals surface area contributed by atoms with E-state index < -0.39 is 16.9 Å². The minimum Gasteiger partial charge on any atom is -0.477 e. The van der Waals surface area contributed by atoms with Crippen LogP contribution in [0.4, 0.5) is 4.39 Å². The van der Waals surface area contributed by atoms with Crippen LogP contribution in [0.1, 0.15) is 47.4 Å². The fraction of sp³-hybridized carbons (Fsp3) is 0.556. The van der Waals surface area contributed by atoms with E-state index in [1.54, 1.807) is 0 Å². The standard InChI is InChI=1S/C18H22FN3O3/c1-18(21-6-4-20-5-7-21)9-14-12(8-15(18)19)16(23)13(17(24)25)10-22(14)11-2-3-11/h8,10-11,20H,2-7,9H2,1H3,(H,24,25). The lowest BCUT2D eigenvalue weighted by Gasteiger charge is -2.44. The summed E-state index contributed by atoms with van der Waals surface area (Å²) in [6, 6.07) is 0.217. The van der Waals surface area contributed by atoms with Gasteiger partial charge in [-0.05, 0) is 25.8 Å². The van der Waals surface area contributed by atoms with Gasteiger partial charge in [-0.3, -0.25) is 9.69 Å². The average molecular weight is 347 g/mol. The maximum Gasteiger partial charge on any atom is 0.341 e. The number of halogens is 1. The molecule has 1 atom stereocenters. The molecule has 25 heavy (non-hydrogen) atoms. The molecule has 0 bridgehead atoms. The number of carboxylic acid groups (broad SMARTS) is 1. The summed E-state index contributed by atoms with van der Waals surface area (Å²) >= 11 is 0. The Morgan fingerprint density at radius 3 is 2.64 bits per heavy atom. The highest BCUT2D eigenvalue weighted by Crippen LogP contribution is 2.41. The Bertz CT molecular complexity index is 822. The lowest BCUT2D eigenvalue weighted by Crippen LogP contribution is -2.57. The van der Waals surface area contributed by atoms with Crippen LogP contribution in [0.15, 0.2) is 16.8 Å². The van der Waals surface area contributed by atoms with Crippen LogP contribution < -0.4 is 10.7 Å². The van der Waals surface area contributed by atoms with Gasteiger partial charge in [-0.25, -0.2) is 9.18 Å². The van der Waals surface area contributed by atoms with Crippen LogP contribution in [-0.4, -0.2) is 52.3 Å². The fourth-order valence-electron chi connectivity index (χ4n) is 3.97. The summed E-state index contributed by atoms with van der Waals surface area (Å²) in [6.45, 7) is 4.98. The highest BCUT2D eigenvalue weighted by molar-refractivity contribution is 5.88. The summed E-state index contributed by atoms with van der Waals surface area (Å²) in [4.78, 5) is 26.1. The summed E-state index contributed by atoms with van der Waals surface area (Å²) in [7, 11) is 0. The number of aromatic carboxylic acids is 1. The van der Waals surface area contributed by atoms with E-state index in [-0.39, 0.29) is 23.0 Å². The third-order valence-electron chi connectivity index (χ3n) is 5.66. The Balaban J connectivity index is 1.85. The Kier molecular flexibility index (Phi) is 3.81. The van der Waals surface area contributed by atoms with Crippen molar-refractivity contribution in [3.05, 3.63) is 39.1 Å². The second-order valence-corrected chi connectivity index (χ2v) is 7.36. The van der Waals surface area contributed by atoms with Crippen molar-refractivity contribution in [1.82, 2.24) is 14.8 Å². The lowest BCUT2D eigenvalue weighted by atomic mass is 9.83. The van der Waals surface area contributed by atoms with E-state index in [1.165, 1.54) is 12.3 Å². The Morgan fingerprint density at radius 2 is 2.04 bits per heavy atom. The second kappa shape index (κ2) is 5.78. The molecular formula is C18H22FN3O3. The van der Waals surface area contributed by atoms with Crippen molar-refractivity contribution in [1.29, 1.82) is 0 Å². The molecule has 0 amide bonds. The number of fused-ring (bicyclic) bond motifs is 1. The predicted octanol–water partition coefficient (Wildman–Crippen LogP) is 1.41. The molecule has 6 nitrogen and oxygen atoms in total. The number of nitrogens with one attached hydrogen (secondary N) is 1. The molecule has 2 N–H and O–H groups in total. The van der Waals surface area contributed by atoms with Gasteiger partial charge >= 0.3 is 5.97 Å². The van der Waals surface area contributed by atoms with Gasteiger partial charge in [-0.15, -0.1) is 0 Å². The summed E-state index contributed by atoms with van der Waals surface area (Å²) in [5.41, 5.74) is -0.683. The molecule has 1 aromatic heterocycles. The molecule has 7 heteroatoms. The van der Waals surface area contributed by atoms with Crippen molar-refractivity contribution in [2.24, 2.45) is 0 Å². The Labute approximate surface area is 144 Å². The molecule has 134 valence electrons. The van der Waals surface area contributed by atoms with E-state index in [0.29, 0.717) is 6.42 Å². The molecule has 2 fully saturated rings. The zero-order valence-electron chi connectivity index (χ0n) is 14.2. The molecule has 1 saturated carbocycles. The molecule has 2 heterocycles. The van der Waals surface area contributed by atoms with E-state index in [0.717, 1.165) is 44.7 Å². The highest BCUT2D eigenvalue weighted by Gasteiger charge is 2.43. The molecule has 2 aliphatic carbocycles. The number of aromatic nitrogens is 1. The predicted molar refractivity (Wildman–Crippen MR) is 91.6 cm³/mol. The van der Waals surface area contributed by atoms with Gasteiger partial charge in [-0.2, -0.15) is 0 Å². The molecule has 1 saturated heterocycles. The molecular weight excluding hydrogens is 325 g/mol. The first kappa shape index (κ1) is 16.5. The first-order valence-electron chi connectivity index (χ1n) is 8.76. The van der Waals surface area contributed by atoms with Crippen molar-refractivity contribution in [3.8, 4) is 0 Å². The van der Waals surface area contributed by atoms with E-state index in [4.69, 9.17) is 0 Å². The fourth-order valence-corrected chi connectivity index (χ4v) is 3.97. The monoisotopic (exact) mass is 347 g/mol.